The number of aliphatic hydroxyl groups excluding tert-OH is 2. The zero-order valence-corrected chi connectivity index (χ0v) is 17.0. The second-order valence-corrected chi connectivity index (χ2v) is 10.9. The van der Waals surface area contributed by atoms with Crippen molar-refractivity contribution >= 4 is 5.97 Å². The van der Waals surface area contributed by atoms with E-state index in [1.807, 2.05) is 6.92 Å². The van der Waals surface area contributed by atoms with Crippen LogP contribution in [0, 0.1) is 34.0 Å². The summed E-state index contributed by atoms with van der Waals surface area (Å²) in [6.45, 7) is 8.14. The molecule has 1 saturated heterocycles. The molecule has 5 fully saturated rings. The number of ether oxygens (including phenoxy) is 2. The van der Waals surface area contributed by atoms with Gasteiger partial charge in [-0.15, -0.1) is 0 Å². The van der Waals surface area contributed by atoms with E-state index in [0.29, 0.717) is 11.8 Å². The van der Waals surface area contributed by atoms with Crippen molar-refractivity contribution in [3.63, 3.8) is 0 Å². The van der Waals surface area contributed by atoms with Gasteiger partial charge in [0.05, 0.1) is 24.4 Å². The fourth-order valence-corrected chi connectivity index (χ4v) is 8.63. The Balaban J connectivity index is 1.63. The van der Waals surface area contributed by atoms with E-state index in [1.54, 1.807) is 0 Å². The summed E-state index contributed by atoms with van der Waals surface area (Å²) in [4.78, 5) is 12.0. The van der Waals surface area contributed by atoms with Crippen LogP contribution < -0.4 is 0 Å². The Morgan fingerprint density at radius 1 is 1.19 bits per heavy atom. The second kappa shape index (κ2) is 5.28. The maximum absolute atomic E-state index is 12.0. The highest BCUT2D eigenvalue weighted by atomic mass is 16.6. The van der Waals surface area contributed by atoms with Gasteiger partial charge in [0.25, 0.3) is 0 Å². The Morgan fingerprint density at radius 2 is 1.93 bits per heavy atom. The van der Waals surface area contributed by atoms with Crippen LogP contribution >= 0.6 is 0 Å². The maximum Gasteiger partial charge on any atom is 0.302 e. The fourth-order valence-electron chi connectivity index (χ4n) is 8.63. The number of fused-ring (bicyclic) bond motifs is 5. The third-order valence-electron chi connectivity index (χ3n) is 9.99. The van der Waals surface area contributed by atoms with E-state index >= 15 is 0 Å². The SMILES string of the molecule is CC(=O)OC1CC2C(C)(CO)C(O)CCC2(C)C2CCC3CC12C1OC31C. The molecular formula is C22H34O5. The predicted octanol–water partition coefficient (Wildman–Crippen LogP) is 2.67. The number of hydrogen-bond donors (Lipinski definition) is 2. The van der Waals surface area contributed by atoms with Gasteiger partial charge < -0.3 is 19.7 Å². The van der Waals surface area contributed by atoms with E-state index in [4.69, 9.17) is 9.47 Å². The lowest BCUT2D eigenvalue weighted by Gasteiger charge is -2.66. The van der Waals surface area contributed by atoms with Gasteiger partial charge >= 0.3 is 5.97 Å². The standard InChI is InChI=1S/C22H34O5/c1-12(24)26-17-9-15-19(2,8-7-16(25)20(15,3)11-23)14-6-5-13-10-22(14,17)18-21(13,4)27-18/h13-18,23,25H,5-11H2,1-4H3. The van der Waals surface area contributed by atoms with Gasteiger partial charge in [-0.2, -0.15) is 0 Å². The number of hydrogen-bond acceptors (Lipinski definition) is 5. The smallest absolute Gasteiger partial charge is 0.302 e. The number of carbonyl (C=O) groups is 1. The molecule has 5 rings (SSSR count). The van der Waals surface area contributed by atoms with Gasteiger partial charge in [-0.25, -0.2) is 0 Å². The van der Waals surface area contributed by atoms with Crippen LogP contribution in [0.4, 0.5) is 0 Å². The zero-order chi connectivity index (χ0) is 19.4. The molecule has 152 valence electrons. The topological polar surface area (TPSA) is 79.3 Å². The van der Waals surface area contributed by atoms with Gasteiger partial charge in [-0.3, -0.25) is 4.79 Å². The van der Waals surface area contributed by atoms with Crippen molar-refractivity contribution in [1.82, 2.24) is 0 Å². The summed E-state index contributed by atoms with van der Waals surface area (Å²) in [6.07, 6.45) is 5.36. The minimum atomic E-state index is -0.545. The van der Waals surface area contributed by atoms with Crippen LogP contribution in [0.25, 0.3) is 0 Å². The highest BCUT2D eigenvalue weighted by Gasteiger charge is 2.82. The molecular weight excluding hydrogens is 344 g/mol. The van der Waals surface area contributed by atoms with Crippen LogP contribution in [0.15, 0.2) is 0 Å². The molecule has 0 radical (unpaired) electrons. The van der Waals surface area contributed by atoms with Gasteiger partial charge in [0, 0.05) is 17.8 Å². The summed E-state index contributed by atoms with van der Waals surface area (Å²) in [6, 6.07) is 0. The molecule has 1 heterocycles. The molecule has 0 aromatic carbocycles. The molecule has 2 N–H and O–H groups in total. The Bertz CT molecular complexity index is 680. The molecule has 4 saturated carbocycles. The van der Waals surface area contributed by atoms with Crippen molar-refractivity contribution in [2.75, 3.05) is 6.61 Å². The summed E-state index contributed by atoms with van der Waals surface area (Å²) in [5.74, 6) is 0.892. The average molecular weight is 379 g/mol. The van der Waals surface area contributed by atoms with E-state index in [0.717, 1.165) is 32.1 Å². The molecule has 5 nitrogen and oxygen atoms in total. The van der Waals surface area contributed by atoms with Crippen molar-refractivity contribution in [2.24, 2.45) is 34.0 Å². The van der Waals surface area contributed by atoms with Crippen LogP contribution in [-0.2, 0) is 14.3 Å². The number of epoxide rings is 1. The summed E-state index contributed by atoms with van der Waals surface area (Å²) in [5.41, 5.74) is -0.635. The van der Waals surface area contributed by atoms with E-state index in [9.17, 15) is 15.0 Å². The first-order chi connectivity index (χ1) is 12.6. The van der Waals surface area contributed by atoms with Crippen LogP contribution in [0.5, 0.6) is 0 Å². The highest BCUT2D eigenvalue weighted by Crippen LogP contribution is 2.78. The van der Waals surface area contributed by atoms with Crippen molar-refractivity contribution in [3.8, 4) is 0 Å². The number of rotatable bonds is 2. The monoisotopic (exact) mass is 378 g/mol. The van der Waals surface area contributed by atoms with Crippen LogP contribution in [0.2, 0.25) is 0 Å². The number of esters is 1. The van der Waals surface area contributed by atoms with Crippen LogP contribution in [0.3, 0.4) is 0 Å². The first-order valence-corrected chi connectivity index (χ1v) is 10.8. The van der Waals surface area contributed by atoms with Crippen LogP contribution in [0.1, 0.15) is 66.2 Å². The molecule has 5 aliphatic rings. The van der Waals surface area contributed by atoms with E-state index < -0.39 is 11.5 Å². The van der Waals surface area contributed by atoms with Gasteiger partial charge in [-0.05, 0) is 68.6 Å². The largest absolute Gasteiger partial charge is 0.462 e. The van der Waals surface area contributed by atoms with Gasteiger partial charge in [-0.1, -0.05) is 13.8 Å². The molecule has 10 unspecified atom stereocenters. The van der Waals surface area contributed by atoms with Gasteiger partial charge in [0.15, 0.2) is 0 Å². The summed E-state index contributed by atoms with van der Waals surface area (Å²) in [5, 5.41) is 21.1. The van der Waals surface area contributed by atoms with Crippen molar-refractivity contribution in [1.29, 1.82) is 0 Å². The minimum Gasteiger partial charge on any atom is -0.462 e. The molecule has 0 aromatic rings. The maximum atomic E-state index is 12.0. The second-order valence-electron chi connectivity index (χ2n) is 10.9. The first-order valence-electron chi connectivity index (χ1n) is 10.8. The predicted molar refractivity (Wildman–Crippen MR) is 98.7 cm³/mol. The highest BCUT2D eigenvalue weighted by molar-refractivity contribution is 5.66. The molecule has 1 aliphatic heterocycles. The van der Waals surface area contributed by atoms with E-state index in [-0.39, 0.29) is 47.1 Å². The lowest BCUT2D eigenvalue weighted by molar-refractivity contribution is -0.246. The molecule has 10 atom stereocenters. The Kier molecular flexibility index (Phi) is 3.60. The third kappa shape index (κ3) is 1.99. The molecule has 0 amide bonds. The fraction of sp³-hybridized carbons (Fsp3) is 0.955. The van der Waals surface area contributed by atoms with Crippen molar-refractivity contribution < 1.29 is 24.5 Å². The summed E-state index contributed by atoms with van der Waals surface area (Å²) >= 11 is 0. The normalized spacial score (nSPS) is 60.8. The molecule has 4 aliphatic carbocycles. The van der Waals surface area contributed by atoms with Crippen LogP contribution in [-0.4, -0.2) is 46.7 Å². The summed E-state index contributed by atoms with van der Waals surface area (Å²) < 4.78 is 12.3. The zero-order valence-electron chi connectivity index (χ0n) is 17.0. The molecule has 2 bridgehead atoms. The number of aliphatic hydroxyl groups is 2. The Labute approximate surface area is 161 Å². The third-order valence-corrected chi connectivity index (χ3v) is 9.99. The summed E-state index contributed by atoms with van der Waals surface area (Å²) in [7, 11) is 0. The lowest BCUT2D eigenvalue weighted by Crippen LogP contribution is -2.66. The molecule has 27 heavy (non-hydrogen) atoms. The van der Waals surface area contributed by atoms with Crippen molar-refractivity contribution in [3.05, 3.63) is 0 Å². The minimum absolute atomic E-state index is 0.0266. The molecule has 1 spiro atoms. The Morgan fingerprint density at radius 3 is 2.59 bits per heavy atom. The quantitative estimate of drug-likeness (QED) is 0.570. The van der Waals surface area contributed by atoms with Crippen molar-refractivity contribution in [2.45, 2.75) is 90.1 Å². The average Bonchev–Trinajstić information content (AvgIpc) is 3.29. The molecule has 5 heteroatoms. The van der Waals surface area contributed by atoms with E-state index in [2.05, 4.69) is 13.8 Å². The first kappa shape index (κ1) is 18.4. The van der Waals surface area contributed by atoms with Gasteiger partial charge in [0.1, 0.15) is 6.10 Å². The number of carbonyl (C=O) groups excluding carboxylic acids is 1. The van der Waals surface area contributed by atoms with E-state index in [1.165, 1.54) is 13.3 Å². The van der Waals surface area contributed by atoms with Gasteiger partial charge in [0.2, 0.25) is 0 Å². The lowest BCUT2D eigenvalue weighted by atomic mass is 9.39. The molecule has 0 aromatic heterocycles. The Hall–Kier alpha value is -0.650.